The Morgan fingerprint density at radius 2 is 1.92 bits per heavy atom. The maximum absolute atomic E-state index is 10.6. The monoisotopic (exact) mass is 345 g/mol. The van der Waals surface area contributed by atoms with Gasteiger partial charge in [0, 0.05) is 23.3 Å². The number of rotatable bonds is 4. The first-order valence-electron chi connectivity index (χ1n) is 8.09. The Hall–Kier alpha value is -1.86. The zero-order valence-electron chi connectivity index (χ0n) is 14.5. The van der Waals surface area contributed by atoms with Crippen molar-refractivity contribution in [2.45, 2.75) is 57.7 Å². The highest BCUT2D eigenvalue weighted by Crippen LogP contribution is 2.33. The van der Waals surface area contributed by atoms with Gasteiger partial charge in [-0.05, 0) is 63.9 Å². The van der Waals surface area contributed by atoms with Crippen LogP contribution in [0.4, 0.5) is 10.9 Å². The Labute approximate surface area is 146 Å². The summed E-state index contributed by atoms with van der Waals surface area (Å²) in [5.41, 5.74) is 0.935. The summed E-state index contributed by atoms with van der Waals surface area (Å²) in [5, 5.41) is 10.6. The standard InChI is InChI=1S/C17H23N5OS/c1-16(2)9-11(10-17(3,4)22-16)19-15-18-8-7-12(20-15)13-5-6-14(21-23)24-13/h5-8,11,22H,9-10H2,1-4H3,(H,18,19,20). The van der Waals surface area contributed by atoms with Gasteiger partial charge in [-0.1, -0.05) is 0 Å². The molecule has 3 rings (SSSR count). The van der Waals surface area contributed by atoms with E-state index in [-0.39, 0.29) is 11.1 Å². The normalized spacial score (nSPS) is 19.8. The van der Waals surface area contributed by atoms with Gasteiger partial charge in [0.05, 0.1) is 10.6 Å². The molecule has 0 spiro atoms. The molecule has 0 bridgehead atoms. The third-order valence-corrected chi connectivity index (χ3v) is 5.10. The molecule has 24 heavy (non-hydrogen) atoms. The van der Waals surface area contributed by atoms with Gasteiger partial charge in [0.25, 0.3) is 0 Å². The number of piperidine rings is 1. The van der Waals surface area contributed by atoms with Crippen molar-refractivity contribution in [3.8, 4) is 10.6 Å². The first-order chi connectivity index (χ1) is 11.3. The molecule has 0 amide bonds. The van der Waals surface area contributed by atoms with Gasteiger partial charge in [-0.25, -0.2) is 9.97 Å². The molecule has 7 heteroatoms. The Morgan fingerprint density at radius 1 is 1.21 bits per heavy atom. The lowest BCUT2D eigenvalue weighted by Gasteiger charge is -2.46. The summed E-state index contributed by atoms with van der Waals surface area (Å²) in [5.74, 6) is 0.625. The van der Waals surface area contributed by atoms with Crippen molar-refractivity contribution in [2.75, 3.05) is 5.32 Å². The van der Waals surface area contributed by atoms with Crippen LogP contribution in [0.2, 0.25) is 0 Å². The molecule has 1 saturated heterocycles. The summed E-state index contributed by atoms with van der Waals surface area (Å²) >= 11 is 1.33. The quantitative estimate of drug-likeness (QED) is 0.807. The van der Waals surface area contributed by atoms with Gasteiger partial charge in [0.1, 0.15) is 0 Å². The van der Waals surface area contributed by atoms with Crippen LogP contribution in [0.3, 0.4) is 0 Å². The molecule has 3 heterocycles. The fraction of sp³-hybridized carbons (Fsp3) is 0.529. The maximum atomic E-state index is 10.6. The lowest BCUT2D eigenvalue weighted by Crippen LogP contribution is -2.60. The Bertz CT molecular complexity index is 724. The zero-order valence-corrected chi connectivity index (χ0v) is 15.3. The summed E-state index contributed by atoms with van der Waals surface area (Å²) in [6, 6.07) is 5.73. The third kappa shape index (κ3) is 3.96. The second-order valence-electron chi connectivity index (χ2n) is 7.64. The minimum atomic E-state index is 0.0648. The van der Waals surface area contributed by atoms with E-state index in [0.717, 1.165) is 23.4 Å². The minimum absolute atomic E-state index is 0.0648. The van der Waals surface area contributed by atoms with E-state index in [1.165, 1.54) is 11.3 Å². The van der Waals surface area contributed by atoms with E-state index in [2.05, 4.69) is 53.5 Å². The molecule has 0 atom stereocenters. The van der Waals surface area contributed by atoms with Crippen LogP contribution >= 0.6 is 11.3 Å². The van der Waals surface area contributed by atoms with E-state index in [4.69, 9.17) is 0 Å². The van der Waals surface area contributed by atoms with Crippen LogP contribution in [0.25, 0.3) is 10.6 Å². The first kappa shape index (κ1) is 17.0. The Balaban J connectivity index is 1.78. The van der Waals surface area contributed by atoms with E-state index >= 15 is 0 Å². The second kappa shape index (κ2) is 6.22. The third-order valence-electron chi connectivity index (χ3n) is 4.11. The lowest BCUT2D eigenvalue weighted by molar-refractivity contribution is 0.170. The number of hydrogen-bond acceptors (Lipinski definition) is 7. The van der Waals surface area contributed by atoms with Gasteiger partial charge in [-0.3, -0.25) is 0 Å². The Kier molecular flexibility index (Phi) is 4.40. The summed E-state index contributed by atoms with van der Waals surface area (Å²) in [6.07, 6.45) is 3.75. The van der Waals surface area contributed by atoms with Crippen LogP contribution in [-0.2, 0) is 0 Å². The molecule has 2 N–H and O–H groups in total. The van der Waals surface area contributed by atoms with E-state index in [0.29, 0.717) is 17.0 Å². The van der Waals surface area contributed by atoms with Gasteiger partial charge in [0.2, 0.25) is 5.95 Å². The number of thiophene rings is 1. The van der Waals surface area contributed by atoms with Crippen LogP contribution in [0.5, 0.6) is 0 Å². The van der Waals surface area contributed by atoms with E-state index in [9.17, 15) is 4.91 Å². The summed E-state index contributed by atoms with van der Waals surface area (Å²) in [4.78, 5) is 20.5. The van der Waals surface area contributed by atoms with Crippen molar-refractivity contribution in [3.63, 3.8) is 0 Å². The van der Waals surface area contributed by atoms with Crippen LogP contribution in [-0.4, -0.2) is 27.1 Å². The molecule has 0 aromatic carbocycles. The number of aromatic nitrogens is 2. The molecule has 1 fully saturated rings. The van der Waals surface area contributed by atoms with E-state index in [1.54, 1.807) is 12.3 Å². The average Bonchev–Trinajstić information content (AvgIpc) is 2.93. The molecule has 0 unspecified atom stereocenters. The van der Waals surface area contributed by atoms with Crippen molar-refractivity contribution in [3.05, 3.63) is 29.3 Å². The van der Waals surface area contributed by atoms with Crippen molar-refractivity contribution >= 4 is 22.3 Å². The van der Waals surface area contributed by atoms with Crippen molar-refractivity contribution in [2.24, 2.45) is 5.18 Å². The van der Waals surface area contributed by atoms with Crippen molar-refractivity contribution in [1.82, 2.24) is 15.3 Å². The van der Waals surface area contributed by atoms with Crippen LogP contribution in [0.15, 0.2) is 29.6 Å². The number of nitroso groups, excluding NO2 is 1. The summed E-state index contributed by atoms with van der Waals surface area (Å²) < 4.78 is 0. The fourth-order valence-corrected chi connectivity index (χ4v) is 4.44. The maximum Gasteiger partial charge on any atom is 0.223 e. The van der Waals surface area contributed by atoms with E-state index in [1.807, 2.05) is 12.1 Å². The second-order valence-corrected chi connectivity index (χ2v) is 8.70. The molecule has 2 aromatic rings. The van der Waals surface area contributed by atoms with Crippen molar-refractivity contribution in [1.29, 1.82) is 0 Å². The lowest BCUT2D eigenvalue weighted by atomic mass is 9.80. The molecule has 6 nitrogen and oxygen atoms in total. The molecule has 1 aliphatic rings. The molecule has 2 aromatic heterocycles. The predicted molar refractivity (Wildman–Crippen MR) is 98.7 cm³/mol. The van der Waals surface area contributed by atoms with Crippen LogP contribution < -0.4 is 10.6 Å². The highest BCUT2D eigenvalue weighted by atomic mass is 32.1. The molecule has 0 aliphatic carbocycles. The Morgan fingerprint density at radius 3 is 2.54 bits per heavy atom. The number of nitrogens with one attached hydrogen (secondary N) is 2. The topological polar surface area (TPSA) is 79.3 Å². The van der Waals surface area contributed by atoms with Gasteiger partial charge >= 0.3 is 0 Å². The molecule has 0 radical (unpaired) electrons. The van der Waals surface area contributed by atoms with Crippen LogP contribution in [0, 0.1) is 4.91 Å². The number of hydrogen-bond donors (Lipinski definition) is 2. The summed E-state index contributed by atoms with van der Waals surface area (Å²) in [6.45, 7) is 8.89. The molecular formula is C17H23N5OS. The molecule has 1 aliphatic heterocycles. The largest absolute Gasteiger partial charge is 0.351 e. The van der Waals surface area contributed by atoms with Crippen molar-refractivity contribution < 1.29 is 0 Å². The highest BCUT2D eigenvalue weighted by Gasteiger charge is 2.37. The fourth-order valence-electron chi connectivity index (χ4n) is 3.69. The van der Waals surface area contributed by atoms with Gasteiger partial charge in [-0.2, -0.15) is 0 Å². The summed E-state index contributed by atoms with van der Waals surface area (Å²) in [7, 11) is 0. The van der Waals surface area contributed by atoms with E-state index < -0.39 is 0 Å². The number of nitrogens with zero attached hydrogens (tertiary/aromatic N) is 3. The highest BCUT2D eigenvalue weighted by molar-refractivity contribution is 7.19. The van der Waals surface area contributed by atoms with Crippen LogP contribution in [0.1, 0.15) is 40.5 Å². The smallest absolute Gasteiger partial charge is 0.223 e. The number of anilines is 1. The van der Waals surface area contributed by atoms with Gasteiger partial charge in [-0.15, -0.1) is 16.2 Å². The first-order valence-corrected chi connectivity index (χ1v) is 8.90. The molecular weight excluding hydrogens is 322 g/mol. The average molecular weight is 345 g/mol. The molecule has 128 valence electrons. The SMILES string of the molecule is CC1(C)CC(Nc2nccc(-c3ccc(N=O)s3)n2)CC(C)(C)N1. The molecule has 0 saturated carbocycles. The van der Waals surface area contributed by atoms with Gasteiger partial charge < -0.3 is 10.6 Å². The zero-order chi connectivity index (χ0) is 17.4. The van der Waals surface area contributed by atoms with Gasteiger partial charge in [0.15, 0.2) is 5.00 Å². The predicted octanol–water partition coefficient (Wildman–Crippen LogP) is 4.32. The minimum Gasteiger partial charge on any atom is -0.351 e.